The van der Waals surface area contributed by atoms with E-state index >= 15 is 0 Å². The Hall–Kier alpha value is -0.281. The molecule has 2 radical (unpaired) electrons. The van der Waals surface area contributed by atoms with Crippen LogP contribution in [0.1, 0.15) is 91.0 Å². The fourth-order valence-corrected chi connectivity index (χ4v) is 9.01. The Bertz CT molecular complexity index is 456. The van der Waals surface area contributed by atoms with E-state index in [-0.39, 0.29) is 6.10 Å². The summed E-state index contributed by atoms with van der Waals surface area (Å²) in [7, 11) is 0. The molecular weight excluding hydrogens is 411 g/mol. The normalized spacial score (nSPS) is 13.9. The molecule has 1 N–H and O–H groups in total. The molecule has 1 unspecified atom stereocenters. The van der Waals surface area contributed by atoms with E-state index in [9.17, 15) is 5.11 Å². The van der Waals surface area contributed by atoms with Crippen LogP contribution in [-0.2, 0) is 0 Å². The molecular formula is C23H38OSn. The van der Waals surface area contributed by atoms with Crippen LogP contribution in [0.5, 0.6) is 0 Å². The first-order chi connectivity index (χ1) is 12.1. The first kappa shape index (κ1) is 22.8. The molecule has 140 valence electrons. The van der Waals surface area contributed by atoms with Crippen molar-refractivity contribution >= 4 is 27.2 Å². The number of rotatable bonds is 13. The Morgan fingerprint density at radius 3 is 1.84 bits per heavy atom. The Morgan fingerprint density at radius 2 is 1.44 bits per heavy atom. The molecule has 0 fully saturated rings. The summed E-state index contributed by atoms with van der Waals surface area (Å²) in [5.41, 5.74) is 1.25. The molecule has 0 amide bonds. The zero-order chi connectivity index (χ0) is 18.5. The topological polar surface area (TPSA) is 20.2 Å². The van der Waals surface area contributed by atoms with Crippen molar-refractivity contribution in [2.45, 2.75) is 95.0 Å². The predicted molar refractivity (Wildman–Crippen MR) is 113 cm³/mol. The van der Waals surface area contributed by atoms with E-state index in [2.05, 4.69) is 57.2 Å². The van der Waals surface area contributed by atoms with E-state index < -0.39 is 21.1 Å². The molecule has 0 bridgehead atoms. The first-order valence-corrected chi connectivity index (χ1v) is 13.1. The quantitative estimate of drug-likeness (QED) is 0.327. The van der Waals surface area contributed by atoms with Gasteiger partial charge in [-0.1, -0.05) is 0 Å². The van der Waals surface area contributed by atoms with Crippen LogP contribution >= 0.6 is 0 Å². The Morgan fingerprint density at radius 1 is 0.960 bits per heavy atom. The molecule has 0 aromatic heterocycles. The third kappa shape index (κ3) is 8.77. The van der Waals surface area contributed by atoms with Crippen molar-refractivity contribution in [1.29, 1.82) is 0 Å². The van der Waals surface area contributed by atoms with E-state index in [1.165, 1.54) is 66.9 Å². The summed E-state index contributed by atoms with van der Waals surface area (Å²) < 4.78 is 1.90. The van der Waals surface area contributed by atoms with E-state index in [1.807, 2.05) is 6.92 Å². The van der Waals surface area contributed by atoms with Gasteiger partial charge < -0.3 is 0 Å². The van der Waals surface area contributed by atoms with Gasteiger partial charge in [0, 0.05) is 0 Å². The van der Waals surface area contributed by atoms with Gasteiger partial charge in [-0.3, -0.25) is 0 Å². The second-order valence-electron chi connectivity index (χ2n) is 7.40. The third-order valence-corrected chi connectivity index (χ3v) is 11.1. The third-order valence-electron chi connectivity index (χ3n) is 5.01. The van der Waals surface area contributed by atoms with Crippen molar-refractivity contribution in [3.05, 3.63) is 39.5 Å². The Kier molecular flexibility index (Phi) is 11.8. The van der Waals surface area contributed by atoms with E-state index in [0.717, 1.165) is 0 Å². The number of unbranched alkanes of at least 4 members (excludes halogenated alkanes) is 3. The minimum absolute atomic E-state index is 0.295. The summed E-state index contributed by atoms with van der Waals surface area (Å²) in [5, 5.41) is 10.5. The van der Waals surface area contributed by atoms with E-state index in [1.54, 1.807) is 0 Å². The van der Waals surface area contributed by atoms with Crippen LogP contribution in [-0.4, -0.2) is 32.4 Å². The SMILES string of the molecule is CCCC[C](CCCC)(CCCC)[Sn]/[C](=C\c1ccccc1)C(C)O. The second kappa shape index (κ2) is 13.0. The molecule has 25 heavy (non-hydrogen) atoms. The number of benzene rings is 1. The van der Waals surface area contributed by atoms with Gasteiger partial charge in [-0.05, 0) is 0 Å². The summed E-state index contributed by atoms with van der Waals surface area (Å²) in [5.74, 6) is 0. The number of aliphatic hydroxyl groups is 1. The summed E-state index contributed by atoms with van der Waals surface area (Å²) in [6.07, 6.45) is 14.0. The van der Waals surface area contributed by atoms with Gasteiger partial charge in [0.2, 0.25) is 0 Å². The molecule has 1 aromatic carbocycles. The summed E-state index contributed by atoms with van der Waals surface area (Å²) in [4.78, 5) is 0. The van der Waals surface area contributed by atoms with Gasteiger partial charge in [-0.25, -0.2) is 0 Å². The molecule has 0 aliphatic rings. The van der Waals surface area contributed by atoms with Crippen molar-refractivity contribution in [3.8, 4) is 0 Å². The fourth-order valence-electron chi connectivity index (χ4n) is 3.40. The van der Waals surface area contributed by atoms with Gasteiger partial charge in [0.25, 0.3) is 0 Å². The van der Waals surface area contributed by atoms with E-state index in [4.69, 9.17) is 0 Å². The van der Waals surface area contributed by atoms with Gasteiger partial charge >= 0.3 is 167 Å². The Balaban J connectivity index is 3.08. The van der Waals surface area contributed by atoms with Gasteiger partial charge in [0.15, 0.2) is 0 Å². The average Bonchev–Trinajstić information content (AvgIpc) is 2.63. The van der Waals surface area contributed by atoms with Gasteiger partial charge in [-0.15, -0.1) is 0 Å². The second-order valence-corrected chi connectivity index (χ2v) is 12.8. The molecule has 2 heteroatoms. The number of hydrogen-bond acceptors (Lipinski definition) is 1. The van der Waals surface area contributed by atoms with Crippen LogP contribution in [0.15, 0.2) is 33.9 Å². The molecule has 0 spiro atoms. The van der Waals surface area contributed by atoms with Crippen molar-refractivity contribution in [2.75, 3.05) is 0 Å². The number of hydrogen-bond donors (Lipinski definition) is 1. The average molecular weight is 449 g/mol. The van der Waals surface area contributed by atoms with Crippen molar-refractivity contribution in [2.24, 2.45) is 0 Å². The molecule has 1 atom stereocenters. The molecule has 1 rings (SSSR count). The maximum absolute atomic E-state index is 10.5. The van der Waals surface area contributed by atoms with Gasteiger partial charge in [0.05, 0.1) is 0 Å². The predicted octanol–water partition coefficient (Wildman–Crippen LogP) is 6.84. The fraction of sp³-hybridized carbons (Fsp3) is 0.652. The molecule has 0 heterocycles. The molecule has 0 saturated carbocycles. The maximum atomic E-state index is 10.5. The van der Waals surface area contributed by atoms with Crippen LogP contribution in [0, 0.1) is 0 Å². The zero-order valence-electron chi connectivity index (χ0n) is 16.9. The minimum atomic E-state index is -0.856. The van der Waals surface area contributed by atoms with Crippen LogP contribution < -0.4 is 0 Å². The summed E-state index contributed by atoms with van der Waals surface area (Å²) in [6.45, 7) is 8.90. The molecule has 0 saturated heterocycles. The molecule has 1 aromatic rings. The molecule has 0 aliphatic carbocycles. The monoisotopic (exact) mass is 450 g/mol. The van der Waals surface area contributed by atoms with Crippen molar-refractivity contribution in [1.82, 2.24) is 0 Å². The van der Waals surface area contributed by atoms with Crippen molar-refractivity contribution in [3.63, 3.8) is 0 Å². The molecule has 1 nitrogen and oxygen atoms in total. The van der Waals surface area contributed by atoms with Crippen LogP contribution in [0.2, 0.25) is 3.43 Å². The van der Waals surface area contributed by atoms with Crippen LogP contribution in [0.3, 0.4) is 0 Å². The first-order valence-electron chi connectivity index (χ1n) is 10.3. The van der Waals surface area contributed by atoms with Crippen molar-refractivity contribution < 1.29 is 5.11 Å². The standard InChI is InChI=1S/C13H27.C10H11O.Sn/c1-4-7-10-13(11-8-5-2)12-9-6-3;1-9(11)7-8-10-5-3-2-4-6-10;/h4-12H2,1-3H3;2-6,8-9,11H,1H3;. The van der Waals surface area contributed by atoms with E-state index in [0.29, 0.717) is 3.43 Å². The Labute approximate surface area is 166 Å². The zero-order valence-corrected chi connectivity index (χ0v) is 19.7. The summed E-state index contributed by atoms with van der Waals surface area (Å²) >= 11 is -0.856. The van der Waals surface area contributed by atoms with Gasteiger partial charge in [0.1, 0.15) is 0 Å². The summed E-state index contributed by atoms with van der Waals surface area (Å²) in [6, 6.07) is 10.6. The molecule has 0 aliphatic heterocycles. The van der Waals surface area contributed by atoms with Crippen LogP contribution in [0.25, 0.3) is 6.08 Å². The van der Waals surface area contributed by atoms with Gasteiger partial charge in [-0.2, -0.15) is 0 Å². The van der Waals surface area contributed by atoms with Crippen LogP contribution in [0.4, 0.5) is 0 Å². The number of aliphatic hydroxyl groups excluding tert-OH is 1.